The third kappa shape index (κ3) is 2.91. The average molecular weight is 322 g/mol. The smallest absolute Gasteiger partial charge is 0.351 e. The van der Waals surface area contributed by atoms with Gasteiger partial charge in [-0.3, -0.25) is 0 Å². The highest BCUT2D eigenvalue weighted by Crippen LogP contribution is 2.36. The maximum absolute atomic E-state index is 12.3. The van der Waals surface area contributed by atoms with Crippen molar-refractivity contribution in [2.24, 2.45) is 5.41 Å². The molecule has 7 nitrogen and oxygen atoms in total. The van der Waals surface area contributed by atoms with Crippen LogP contribution < -0.4 is 14.2 Å². The summed E-state index contributed by atoms with van der Waals surface area (Å²) in [5.74, 6) is 0.306. The van der Waals surface area contributed by atoms with Crippen molar-refractivity contribution >= 4 is 11.9 Å². The third-order valence-electron chi connectivity index (χ3n) is 3.82. The molecule has 0 unspecified atom stereocenters. The van der Waals surface area contributed by atoms with Gasteiger partial charge in [-0.15, -0.1) is 0 Å². The monoisotopic (exact) mass is 322 g/mol. The fourth-order valence-electron chi connectivity index (χ4n) is 2.42. The van der Waals surface area contributed by atoms with Crippen molar-refractivity contribution in [1.82, 2.24) is 0 Å². The van der Waals surface area contributed by atoms with Gasteiger partial charge in [0.1, 0.15) is 19.0 Å². The van der Waals surface area contributed by atoms with Crippen molar-refractivity contribution in [3.63, 3.8) is 0 Å². The van der Waals surface area contributed by atoms with Gasteiger partial charge in [0.05, 0.1) is 7.11 Å². The van der Waals surface area contributed by atoms with Gasteiger partial charge < -0.3 is 23.7 Å². The van der Waals surface area contributed by atoms with Gasteiger partial charge in [0, 0.05) is 11.5 Å². The summed E-state index contributed by atoms with van der Waals surface area (Å²) in [6, 6.07) is 5.06. The molecule has 0 saturated carbocycles. The van der Waals surface area contributed by atoms with Crippen LogP contribution in [0, 0.1) is 5.41 Å². The van der Waals surface area contributed by atoms with Crippen molar-refractivity contribution in [2.45, 2.75) is 26.1 Å². The molecule has 2 heterocycles. The van der Waals surface area contributed by atoms with Gasteiger partial charge in [-0.25, -0.2) is 9.59 Å². The van der Waals surface area contributed by atoms with Crippen molar-refractivity contribution in [3.05, 3.63) is 18.2 Å². The van der Waals surface area contributed by atoms with Gasteiger partial charge in [-0.1, -0.05) is 13.8 Å². The van der Waals surface area contributed by atoms with Crippen LogP contribution in [0.3, 0.4) is 0 Å². The highest BCUT2D eigenvalue weighted by Gasteiger charge is 2.47. The molecule has 0 aliphatic carbocycles. The van der Waals surface area contributed by atoms with Gasteiger partial charge in [-0.05, 0) is 12.1 Å². The summed E-state index contributed by atoms with van der Waals surface area (Å²) >= 11 is 0. The molecule has 0 radical (unpaired) electrons. The van der Waals surface area contributed by atoms with Crippen LogP contribution in [-0.2, 0) is 19.1 Å². The number of rotatable bonds is 3. The maximum Gasteiger partial charge on any atom is 0.351 e. The molecule has 2 aliphatic heterocycles. The van der Waals surface area contributed by atoms with Crippen LogP contribution in [0.1, 0.15) is 13.8 Å². The lowest BCUT2D eigenvalue weighted by Gasteiger charge is -2.28. The van der Waals surface area contributed by atoms with Crippen LogP contribution >= 0.6 is 0 Å². The quantitative estimate of drug-likeness (QED) is 0.777. The van der Waals surface area contributed by atoms with Crippen LogP contribution in [0.25, 0.3) is 0 Å². The Labute approximate surface area is 133 Å². The summed E-state index contributed by atoms with van der Waals surface area (Å²) in [5, 5.41) is 0. The summed E-state index contributed by atoms with van der Waals surface area (Å²) < 4.78 is 26.5. The second-order valence-corrected chi connectivity index (χ2v) is 6.14. The van der Waals surface area contributed by atoms with Crippen molar-refractivity contribution in [3.8, 4) is 17.2 Å². The minimum Gasteiger partial charge on any atom is -0.497 e. The summed E-state index contributed by atoms with van der Waals surface area (Å²) in [5.41, 5.74) is -0.566. The van der Waals surface area contributed by atoms with Crippen molar-refractivity contribution in [2.75, 3.05) is 20.3 Å². The van der Waals surface area contributed by atoms with Gasteiger partial charge in [0.25, 0.3) is 0 Å². The second kappa shape index (κ2) is 5.64. The number of hydrogen-bond acceptors (Lipinski definition) is 7. The highest BCUT2D eigenvalue weighted by atomic mass is 16.6. The van der Waals surface area contributed by atoms with E-state index in [1.807, 2.05) is 0 Å². The van der Waals surface area contributed by atoms with Crippen LogP contribution in [0.5, 0.6) is 17.2 Å². The van der Waals surface area contributed by atoms with E-state index in [1.54, 1.807) is 32.0 Å². The molecule has 1 aromatic rings. The normalized spacial score (nSPS) is 24.7. The first-order valence-electron chi connectivity index (χ1n) is 7.25. The van der Waals surface area contributed by atoms with E-state index in [4.69, 9.17) is 23.7 Å². The SMILES string of the molecule is COc1ccc2c(c1)O[C@H](C(=O)O[C@H]1C(=O)OCC1(C)C)CO2. The third-order valence-corrected chi connectivity index (χ3v) is 3.82. The van der Waals surface area contributed by atoms with E-state index in [-0.39, 0.29) is 13.2 Å². The molecule has 0 N–H and O–H groups in total. The topological polar surface area (TPSA) is 80.3 Å². The number of esters is 2. The molecule has 1 saturated heterocycles. The number of ether oxygens (including phenoxy) is 5. The molecule has 124 valence electrons. The Morgan fingerprint density at radius 1 is 1.26 bits per heavy atom. The molecule has 0 bridgehead atoms. The van der Waals surface area contributed by atoms with Crippen LogP contribution in [0.15, 0.2) is 18.2 Å². The first-order valence-corrected chi connectivity index (χ1v) is 7.25. The van der Waals surface area contributed by atoms with E-state index in [2.05, 4.69) is 0 Å². The summed E-state index contributed by atoms with van der Waals surface area (Å²) in [6.07, 6.45) is -1.89. The molecule has 23 heavy (non-hydrogen) atoms. The standard InChI is InChI=1S/C16H18O7/c1-16(2)8-21-15(18)13(16)23-14(17)12-7-20-10-5-4-9(19-3)6-11(10)22-12/h4-6,12-13H,7-8H2,1-3H3/t12-,13-/m0/s1. The largest absolute Gasteiger partial charge is 0.497 e. The minimum atomic E-state index is -0.946. The van der Waals surface area contributed by atoms with Crippen LogP contribution in [0.2, 0.25) is 0 Å². The average Bonchev–Trinajstić information content (AvgIpc) is 2.80. The molecule has 2 atom stereocenters. The molecular weight excluding hydrogens is 304 g/mol. The Balaban J connectivity index is 1.70. The van der Waals surface area contributed by atoms with E-state index < -0.39 is 29.6 Å². The zero-order valence-corrected chi connectivity index (χ0v) is 13.2. The van der Waals surface area contributed by atoms with E-state index >= 15 is 0 Å². The maximum atomic E-state index is 12.3. The van der Waals surface area contributed by atoms with Crippen LogP contribution in [-0.4, -0.2) is 44.5 Å². The number of methoxy groups -OCH3 is 1. The van der Waals surface area contributed by atoms with Crippen LogP contribution in [0.4, 0.5) is 0 Å². The number of benzene rings is 1. The molecular formula is C16H18O7. The predicted octanol–water partition coefficient (Wildman–Crippen LogP) is 1.33. The fourth-order valence-corrected chi connectivity index (χ4v) is 2.42. The molecule has 0 spiro atoms. The molecule has 0 amide bonds. The van der Waals surface area contributed by atoms with E-state index in [1.165, 1.54) is 7.11 Å². The number of carbonyl (C=O) groups is 2. The Bertz CT molecular complexity index is 637. The van der Waals surface area contributed by atoms with Gasteiger partial charge in [0.2, 0.25) is 12.2 Å². The lowest BCUT2D eigenvalue weighted by Crippen LogP contribution is -2.43. The molecule has 7 heteroatoms. The summed E-state index contributed by atoms with van der Waals surface area (Å²) in [6.45, 7) is 3.83. The predicted molar refractivity (Wildman–Crippen MR) is 77.5 cm³/mol. The Hall–Kier alpha value is -2.44. The molecule has 2 aliphatic rings. The fraction of sp³-hybridized carbons (Fsp3) is 0.500. The zero-order valence-electron chi connectivity index (χ0n) is 13.2. The minimum absolute atomic E-state index is 0.0142. The molecule has 1 fully saturated rings. The van der Waals surface area contributed by atoms with Gasteiger partial charge in [0.15, 0.2) is 11.5 Å². The molecule has 3 rings (SSSR count). The Kier molecular flexibility index (Phi) is 3.79. The first kappa shape index (κ1) is 15.5. The summed E-state index contributed by atoms with van der Waals surface area (Å²) in [4.78, 5) is 24.0. The van der Waals surface area contributed by atoms with E-state index in [0.717, 1.165) is 0 Å². The van der Waals surface area contributed by atoms with Gasteiger partial charge in [-0.2, -0.15) is 0 Å². The van der Waals surface area contributed by atoms with Crippen molar-refractivity contribution < 1.29 is 33.3 Å². The first-order chi connectivity index (χ1) is 10.9. The van der Waals surface area contributed by atoms with E-state index in [9.17, 15) is 9.59 Å². The lowest BCUT2D eigenvalue weighted by molar-refractivity contribution is -0.170. The Morgan fingerprint density at radius 3 is 2.70 bits per heavy atom. The molecule has 1 aromatic carbocycles. The number of carbonyl (C=O) groups excluding carboxylic acids is 2. The summed E-state index contributed by atoms with van der Waals surface area (Å²) in [7, 11) is 1.53. The van der Waals surface area contributed by atoms with Crippen molar-refractivity contribution in [1.29, 1.82) is 0 Å². The van der Waals surface area contributed by atoms with Gasteiger partial charge >= 0.3 is 11.9 Å². The number of cyclic esters (lactones) is 1. The lowest BCUT2D eigenvalue weighted by atomic mass is 9.90. The highest BCUT2D eigenvalue weighted by molar-refractivity contribution is 5.83. The van der Waals surface area contributed by atoms with E-state index in [0.29, 0.717) is 17.2 Å². The second-order valence-electron chi connectivity index (χ2n) is 6.14. The zero-order chi connectivity index (χ0) is 16.6. The molecule has 0 aromatic heterocycles. The number of hydrogen-bond donors (Lipinski definition) is 0. The Morgan fingerprint density at radius 2 is 2.04 bits per heavy atom. The number of fused-ring (bicyclic) bond motifs is 1.